The molecule has 4 nitrogen and oxygen atoms in total. The number of allylic oxidation sites excluding steroid dienone is 1. The number of carbonyl (C=O) groups is 2. The van der Waals surface area contributed by atoms with Gasteiger partial charge in [-0.05, 0) is 60.1 Å². The van der Waals surface area contributed by atoms with Crippen LogP contribution in [0.2, 0.25) is 10.0 Å². The summed E-state index contributed by atoms with van der Waals surface area (Å²) in [6, 6.07) is 15.5. The Kier molecular flexibility index (Phi) is 9.29. The van der Waals surface area contributed by atoms with Gasteiger partial charge in [-0.1, -0.05) is 81.2 Å². The zero-order valence-corrected chi connectivity index (χ0v) is 23.3. The molecule has 2 aromatic carbocycles. The molecule has 0 aromatic heterocycles. The maximum absolute atomic E-state index is 14.2. The molecule has 194 valence electrons. The number of likely N-dealkylation sites (tertiary alicyclic amines) is 1. The molecule has 1 aliphatic rings. The lowest BCUT2D eigenvalue weighted by atomic mass is 9.67. The van der Waals surface area contributed by atoms with E-state index < -0.39 is 5.41 Å². The molecular formula is C30H38Cl2N2O2. The molecule has 0 saturated carbocycles. The summed E-state index contributed by atoms with van der Waals surface area (Å²) < 4.78 is 0. The molecule has 1 heterocycles. The smallest absolute Gasteiger partial charge is 0.229 e. The normalized spacial score (nSPS) is 22.4. The molecule has 1 saturated heterocycles. The summed E-state index contributed by atoms with van der Waals surface area (Å²) in [7, 11) is 0. The number of nitrogens with one attached hydrogen (secondary N) is 1. The summed E-state index contributed by atoms with van der Waals surface area (Å²) in [6.45, 7) is 13.2. The lowest BCUT2D eigenvalue weighted by Crippen LogP contribution is -2.55. The molecule has 0 spiro atoms. The van der Waals surface area contributed by atoms with Gasteiger partial charge in [0.15, 0.2) is 0 Å². The number of piperidine rings is 1. The Bertz CT molecular complexity index is 1080. The third-order valence-electron chi connectivity index (χ3n) is 7.09. The number of halogens is 2. The summed E-state index contributed by atoms with van der Waals surface area (Å²) in [6.07, 6.45) is 4.40. The van der Waals surface area contributed by atoms with Crippen LogP contribution in [0.15, 0.2) is 61.2 Å². The second kappa shape index (κ2) is 11.8. The fourth-order valence-corrected chi connectivity index (χ4v) is 5.64. The summed E-state index contributed by atoms with van der Waals surface area (Å²) in [5.41, 5.74) is 1.20. The van der Waals surface area contributed by atoms with Crippen molar-refractivity contribution in [3.8, 4) is 0 Å². The minimum Gasteiger partial charge on any atom is -0.356 e. The minimum absolute atomic E-state index is 0.0259. The van der Waals surface area contributed by atoms with E-state index in [1.807, 2.05) is 67.3 Å². The van der Waals surface area contributed by atoms with Gasteiger partial charge in [0.2, 0.25) is 11.8 Å². The molecule has 1 fully saturated rings. The highest BCUT2D eigenvalue weighted by molar-refractivity contribution is 6.30. The molecule has 3 rings (SSSR count). The molecule has 0 radical (unpaired) electrons. The van der Waals surface area contributed by atoms with Gasteiger partial charge in [0, 0.05) is 35.5 Å². The fourth-order valence-electron chi connectivity index (χ4n) is 5.31. The standard InChI is InChI=1S/C30H38Cl2N2O2/c1-6-9-26(35)33-19-29(3,4)20-34-27(21-12-14-23(31)15-13-21)25(22-10-8-11-24(32)17-22)18-30(5,16-7-2)28(34)36/h7-8,10-15,17,25,27H,2,6,9,16,18-20H2,1,3-5H3,(H,33,35)/t25-,27-,30+/m1/s1. The zero-order chi connectivity index (χ0) is 26.5. The van der Waals surface area contributed by atoms with E-state index in [1.54, 1.807) is 0 Å². The number of benzene rings is 2. The first-order valence-corrected chi connectivity index (χ1v) is 13.4. The average molecular weight is 530 g/mol. The van der Waals surface area contributed by atoms with E-state index in [9.17, 15) is 9.59 Å². The Morgan fingerprint density at radius 3 is 2.47 bits per heavy atom. The van der Waals surface area contributed by atoms with Gasteiger partial charge in [0.05, 0.1) is 11.5 Å². The first kappa shape index (κ1) is 28.3. The number of rotatable bonds is 10. The first-order valence-electron chi connectivity index (χ1n) is 12.7. The van der Waals surface area contributed by atoms with Crippen LogP contribution in [0.5, 0.6) is 0 Å². The summed E-state index contributed by atoms with van der Waals surface area (Å²) in [5, 5.41) is 4.39. The number of nitrogens with zero attached hydrogens (tertiary/aromatic N) is 1. The van der Waals surface area contributed by atoms with E-state index in [1.165, 1.54) is 0 Å². The van der Waals surface area contributed by atoms with Crippen molar-refractivity contribution in [2.24, 2.45) is 10.8 Å². The fraction of sp³-hybridized carbons (Fsp3) is 0.467. The monoisotopic (exact) mass is 528 g/mol. The predicted octanol–water partition coefficient (Wildman–Crippen LogP) is 7.58. The van der Waals surface area contributed by atoms with Crippen molar-refractivity contribution >= 4 is 35.0 Å². The third-order valence-corrected chi connectivity index (χ3v) is 7.57. The van der Waals surface area contributed by atoms with E-state index in [0.29, 0.717) is 42.4 Å². The van der Waals surface area contributed by atoms with Crippen LogP contribution >= 0.6 is 23.2 Å². The van der Waals surface area contributed by atoms with Crippen LogP contribution in [0.4, 0.5) is 0 Å². The van der Waals surface area contributed by atoms with Crippen molar-refractivity contribution in [3.05, 3.63) is 82.4 Å². The summed E-state index contributed by atoms with van der Waals surface area (Å²) in [5.74, 6) is 0.171. The Morgan fingerprint density at radius 1 is 1.17 bits per heavy atom. The Morgan fingerprint density at radius 2 is 1.86 bits per heavy atom. The number of hydrogen-bond acceptors (Lipinski definition) is 2. The molecule has 1 N–H and O–H groups in total. The maximum Gasteiger partial charge on any atom is 0.229 e. The van der Waals surface area contributed by atoms with Crippen LogP contribution in [-0.4, -0.2) is 29.8 Å². The Labute approximate surface area is 226 Å². The van der Waals surface area contributed by atoms with Gasteiger partial charge in [0.25, 0.3) is 0 Å². The van der Waals surface area contributed by atoms with Gasteiger partial charge in [0.1, 0.15) is 0 Å². The quantitative estimate of drug-likeness (QED) is 0.323. The largest absolute Gasteiger partial charge is 0.356 e. The average Bonchev–Trinajstić information content (AvgIpc) is 2.82. The maximum atomic E-state index is 14.2. The van der Waals surface area contributed by atoms with Gasteiger partial charge in [-0.15, -0.1) is 6.58 Å². The highest BCUT2D eigenvalue weighted by Crippen LogP contribution is 2.52. The van der Waals surface area contributed by atoms with E-state index in [0.717, 1.165) is 17.5 Å². The molecule has 2 amide bonds. The highest BCUT2D eigenvalue weighted by Gasteiger charge is 2.50. The van der Waals surface area contributed by atoms with Gasteiger partial charge >= 0.3 is 0 Å². The predicted molar refractivity (Wildman–Crippen MR) is 149 cm³/mol. The SMILES string of the molecule is C=CC[C@@]1(C)C[C@H](c2cccc(Cl)c2)[C@@H](c2ccc(Cl)cc2)N(CC(C)(C)CNC(=O)CCC)C1=O. The highest BCUT2D eigenvalue weighted by atomic mass is 35.5. The van der Waals surface area contributed by atoms with Crippen LogP contribution in [-0.2, 0) is 9.59 Å². The zero-order valence-electron chi connectivity index (χ0n) is 21.8. The van der Waals surface area contributed by atoms with Crippen LogP contribution in [0, 0.1) is 10.8 Å². The van der Waals surface area contributed by atoms with Crippen LogP contribution in [0.3, 0.4) is 0 Å². The number of carbonyl (C=O) groups excluding carboxylic acids is 2. The third kappa shape index (κ3) is 6.72. The van der Waals surface area contributed by atoms with Crippen LogP contribution in [0.1, 0.15) is 76.5 Å². The van der Waals surface area contributed by atoms with Gasteiger partial charge in [-0.2, -0.15) is 0 Å². The van der Waals surface area contributed by atoms with E-state index in [4.69, 9.17) is 23.2 Å². The lowest BCUT2D eigenvalue weighted by molar-refractivity contribution is -0.152. The molecule has 2 aromatic rings. The van der Waals surface area contributed by atoms with E-state index in [2.05, 4.69) is 31.8 Å². The molecule has 0 aliphatic carbocycles. The molecule has 3 atom stereocenters. The minimum atomic E-state index is -0.598. The summed E-state index contributed by atoms with van der Waals surface area (Å²) >= 11 is 12.7. The molecule has 6 heteroatoms. The second-order valence-corrected chi connectivity index (χ2v) is 11.9. The first-order chi connectivity index (χ1) is 17.0. The van der Waals surface area contributed by atoms with Crippen molar-refractivity contribution < 1.29 is 9.59 Å². The Balaban J connectivity index is 2.08. The van der Waals surface area contributed by atoms with Crippen molar-refractivity contribution in [1.82, 2.24) is 10.2 Å². The Hall–Kier alpha value is -2.30. The van der Waals surface area contributed by atoms with Gasteiger partial charge in [-0.3, -0.25) is 9.59 Å². The van der Waals surface area contributed by atoms with Crippen LogP contribution in [0.25, 0.3) is 0 Å². The molecule has 0 unspecified atom stereocenters. The van der Waals surface area contributed by atoms with Gasteiger partial charge in [-0.25, -0.2) is 0 Å². The second-order valence-electron chi connectivity index (χ2n) is 11.0. The van der Waals surface area contributed by atoms with Crippen molar-refractivity contribution in [1.29, 1.82) is 0 Å². The summed E-state index contributed by atoms with van der Waals surface area (Å²) in [4.78, 5) is 28.4. The van der Waals surface area contributed by atoms with Crippen molar-refractivity contribution in [2.45, 2.75) is 65.3 Å². The molecule has 36 heavy (non-hydrogen) atoms. The van der Waals surface area contributed by atoms with Crippen molar-refractivity contribution in [2.75, 3.05) is 13.1 Å². The lowest BCUT2D eigenvalue weighted by Gasteiger charge is -2.51. The number of hydrogen-bond donors (Lipinski definition) is 1. The number of amides is 2. The molecular weight excluding hydrogens is 491 g/mol. The van der Waals surface area contributed by atoms with E-state index in [-0.39, 0.29) is 29.2 Å². The molecule has 0 bridgehead atoms. The van der Waals surface area contributed by atoms with E-state index >= 15 is 0 Å². The van der Waals surface area contributed by atoms with Gasteiger partial charge < -0.3 is 10.2 Å². The van der Waals surface area contributed by atoms with Crippen LogP contribution < -0.4 is 5.32 Å². The topological polar surface area (TPSA) is 49.4 Å². The molecule has 1 aliphatic heterocycles. The van der Waals surface area contributed by atoms with Crippen molar-refractivity contribution in [3.63, 3.8) is 0 Å².